The van der Waals surface area contributed by atoms with E-state index < -0.39 is 27.7 Å². The topological polar surface area (TPSA) is 103 Å². The third kappa shape index (κ3) is 4.27. The number of nitrogens with zero attached hydrogens (tertiary/aromatic N) is 3. The molecule has 1 aliphatic heterocycles. The molecule has 0 amide bonds. The Bertz CT molecular complexity index is 1120. The molecular weight excluding hydrogens is 433 g/mol. The predicted molar refractivity (Wildman–Crippen MR) is 105 cm³/mol. The Kier molecular flexibility index (Phi) is 5.93. The lowest BCUT2D eigenvalue weighted by molar-refractivity contribution is -0.151. The van der Waals surface area contributed by atoms with Crippen LogP contribution in [-0.4, -0.2) is 41.9 Å². The highest BCUT2D eigenvalue weighted by Gasteiger charge is 2.34. The number of esters is 1. The van der Waals surface area contributed by atoms with Crippen molar-refractivity contribution in [2.24, 2.45) is 5.92 Å². The van der Waals surface area contributed by atoms with E-state index in [2.05, 4.69) is 10.1 Å². The van der Waals surface area contributed by atoms with Crippen molar-refractivity contribution in [2.75, 3.05) is 13.1 Å². The Balaban J connectivity index is 1.31. The van der Waals surface area contributed by atoms with Crippen LogP contribution in [0, 0.1) is 11.7 Å². The molecule has 0 spiro atoms. The summed E-state index contributed by atoms with van der Waals surface area (Å²) in [4.78, 5) is 16.2. The van der Waals surface area contributed by atoms with Crippen molar-refractivity contribution in [2.45, 2.75) is 24.3 Å². The second-order valence-corrected chi connectivity index (χ2v) is 9.43. The molecule has 1 saturated heterocycles. The molecule has 11 heteroatoms. The number of sulfonamides is 1. The predicted octanol–water partition coefficient (Wildman–Crippen LogP) is 3.08. The Morgan fingerprint density at radius 2 is 2.03 bits per heavy atom. The summed E-state index contributed by atoms with van der Waals surface area (Å²) in [7, 11) is -3.94. The number of rotatable bonds is 6. The van der Waals surface area contributed by atoms with Gasteiger partial charge in [-0.25, -0.2) is 12.8 Å². The molecule has 4 rings (SSSR count). The molecule has 0 saturated carbocycles. The van der Waals surface area contributed by atoms with Gasteiger partial charge in [-0.2, -0.15) is 20.6 Å². The molecule has 0 aliphatic carbocycles. The molecule has 0 radical (unpaired) electrons. The molecule has 2 aromatic heterocycles. The maximum Gasteiger partial charge on any atom is 0.309 e. The Labute approximate surface area is 176 Å². The summed E-state index contributed by atoms with van der Waals surface area (Å²) in [5.74, 6) is -1.07. The van der Waals surface area contributed by atoms with E-state index in [1.807, 2.05) is 16.8 Å². The van der Waals surface area contributed by atoms with Crippen molar-refractivity contribution >= 4 is 27.3 Å². The average molecular weight is 452 g/mol. The Hall–Kier alpha value is -2.63. The third-order valence-electron chi connectivity index (χ3n) is 4.82. The fourth-order valence-corrected chi connectivity index (χ4v) is 5.36. The number of thiophene rings is 1. The second kappa shape index (κ2) is 8.62. The van der Waals surface area contributed by atoms with Crippen LogP contribution < -0.4 is 0 Å². The lowest BCUT2D eigenvalue weighted by Gasteiger charge is -2.30. The van der Waals surface area contributed by atoms with Crippen LogP contribution in [0.5, 0.6) is 0 Å². The molecule has 158 valence electrons. The minimum atomic E-state index is -3.94. The first kappa shape index (κ1) is 20.6. The summed E-state index contributed by atoms with van der Waals surface area (Å²) < 4.78 is 50.8. The van der Waals surface area contributed by atoms with Gasteiger partial charge in [-0.1, -0.05) is 17.3 Å². The molecule has 1 aliphatic rings. The van der Waals surface area contributed by atoms with Gasteiger partial charge >= 0.3 is 5.97 Å². The van der Waals surface area contributed by atoms with Crippen molar-refractivity contribution in [1.82, 2.24) is 14.4 Å². The second-order valence-electron chi connectivity index (χ2n) is 6.74. The van der Waals surface area contributed by atoms with Crippen LogP contribution in [0.4, 0.5) is 4.39 Å². The number of carbonyl (C=O) groups is 1. The lowest BCUT2D eigenvalue weighted by atomic mass is 9.98. The van der Waals surface area contributed by atoms with Gasteiger partial charge in [0.05, 0.1) is 11.5 Å². The van der Waals surface area contributed by atoms with Crippen LogP contribution in [0.15, 0.2) is 50.5 Å². The molecule has 1 aromatic carbocycles. The van der Waals surface area contributed by atoms with Gasteiger partial charge in [-0.05, 0) is 36.4 Å². The number of carbonyl (C=O) groups excluding carboxylic acids is 1. The van der Waals surface area contributed by atoms with Gasteiger partial charge in [0, 0.05) is 18.5 Å². The van der Waals surface area contributed by atoms with Gasteiger partial charge in [0.25, 0.3) is 5.89 Å². The van der Waals surface area contributed by atoms with E-state index in [4.69, 9.17) is 9.26 Å². The number of hydrogen-bond acceptors (Lipinski definition) is 8. The number of ether oxygens (including phenoxy) is 1. The smallest absolute Gasteiger partial charge is 0.309 e. The molecule has 8 nitrogen and oxygen atoms in total. The van der Waals surface area contributed by atoms with Crippen LogP contribution in [0.2, 0.25) is 0 Å². The van der Waals surface area contributed by atoms with E-state index in [0.717, 1.165) is 11.6 Å². The third-order valence-corrected chi connectivity index (χ3v) is 7.44. The first-order chi connectivity index (χ1) is 14.4. The van der Waals surface area contributed by atoms with Crippen LogP contribution in [0.1, 0.15) is 18.7 Å². The van der Waals surface area contributed by atoms with Crippen LogP contribution >= 0.6 is 11.3 Å². The van der Waals surface area contributed by atoms with Gasteiger partial charge in [-0.15, -0.1) is 0 Å². The highest BCUT2D eigenvalue weighted by atomic mass is 32.2. The van der Waals surface area contributed by atoms with E-state index in [1.54, 1.807) is 0 Å². The van der Waals surface area contributed by atoms with E-state index >= 15 is 0 Å². The number of hydrogen-bond donors (Lipinski definition) is 0. The first-order valence-corrected chi connectivity index (χ1v) is 11.6. The van der Waals surface area contributed by atoms with Gasteiger partial charge < -0.3 is 9.26 Å². The van der Waals surface area contributed by atoms with Crippen molar-refractivity contribution in [1.29, 1.82) is 0 Å². The number of halogens is 1. The zero-order valence-corrected chi connectivity index (χ0v) is 17.4. The molecule has 0 bridgehead atoms. The summed E-state index contributed by atoms with van der Waals surface area (Å²) >= 11 is 1.50. The summed E-state index contributed by atoms with van der Waals surface area (Å²) in [6.45, 7) is 0.0993. The number of benzene rings is 1. The normalized spacial score (nSPS) is 15.9. The molecule has 0 N–H and O–H groups in total. The van der Waals surface area contributed by atoms with Crippen molar-refractivity contribution in [3.8, 4) is 11.5 Å². The molecule has 0 atom stereocenters. The van der Waals surface area contributed by atoms with Crippen LogP contribution in [-0.2, 0) is 26.2 Å². The zero-order valence-electron chi connectivity index (χ0n) is 15.7. The maximum atomic E-state index is 13.9. The van der Waals surface area contributed by atoms with E-state index in [9.17, 15) is 17.6 Å². The van der Waals surface area contributed by atoms with Crippen molar-refractivity contribution < 1.29 is 26.9 Å². The lowest BCUT2D eigenvalue weighted by Crippen LogP contribution is -2.40. The van der Waals surface area contributed by atoms with E-state index in [0.29, 0.717) is 18.7 Å². The number of piperidine rings is 1. The Morgan fingerprint density at radius 3 is 2.73 bits per heavy atom. The largest absolute Gasteiger partial charge is 0.457 e. The monoisotopic (exact) mass is 451 g/mol. The van der Waals surface area contributed by atoms with Gasteiger partial charge in [0.1, 0.15) is 10.7 Å². The maximum absolute atomic E-state index is 13.9. The summed E-state index contributed by atoms with van der Waals surface area (Å²) in [5.41, 5.74) is 0.800. The minimum absolute atomic E-state index is 0.112. The molecule has 3 heterocycles. The highest BCUT2D eigenvalue weighted by Crippen LogP contribution is 2.26. The fraction of sp³-hybridized carbons (Fsp3) is 0.316. The highest BCUT2D eigenvalue weighted by molar-refractivity contribution is 7.89. The average Bonchev–Trinajstić information content (AvgIpc) is 3.44. The van der Waals surface area contributed by atoms with Gasteiger partial charge in [0.15, 0.2) is 6.61 Å². The standard InChI is InChI=1S/C19H18FN3O5S2/c20-15-3-1-2-4-16(15)30(25,26)23-8-5-13(6-9-23)19(24)27-11-17-21-18(28-22-17)14-7-10-29-12-14/h1-4,7,10,12-13H,5-6,8-9,11H2. The molecule has 1 fully saturated rings. The van der Waals surface area contributed by atoms with Crippen LogP contribution in [0.3, 0.4) is 0 Å². The summed E-state index contributed by atoms with van der Waals surface area (Å²) in [6, 6.07) is 7.10. The fourth-order valence-electron chi connectivity index (χ4n) is 3.19. The van der Waals surface area contributed by atoms with Crippen molar-refractivity contribution in [3.63, 3.8) is 0 Å². The zero-order chi connectivity index (χ0) is 21.1. The van der Waals surface area contributed by atoms with E-state index in [-0.39, 0.29) is 30.4 Å². The molecule has 0 unspecified atom stereocenters. The number of aromatic nitrogens is 2. The first-order valence-electron chi connectivity index (χ1n) is 9.21. The molecular formula is C19H18FN3O5S2. The summed E-state index contributed by atoms with van der Waals surface area (Å²) in [6.07, 6.45) is 0.581. The Morgan fingerprint density at radius 1 is 1.27 bits per heavy atom. The summed E-state index contributed by atoms with van der Waals surface area (Å²) in [5, 5.41) is 7.55. The quantitative estimate of drug-likeness (QED) is 0.531. The SMILES string of the molecule is O=C(OCc1noc(-c2ccsc2)n1)C1CCN(S(=O)(=O)c2ccccc2F)CC1. The minimum Gasteiger partial charge on any atom is -0.457 e. The molecule has 3 aromatic rings. The molecule has 30 heavy (non-hydrogen) atoms. The van der Waals surface area contributed by atoms with Crippen molar-refractivity contribution in [3.05, 3.63) is 52.7 Å². The van der Waals surface area contributed by atoms with E-state index in [1.165, 1.54) is 33.8 Å². The van der Waals surface area contributed by atoms with Gasteiger partial charge in [-0.3, -0.25) is 4.79 Å². The van der Waals surface area contributed by atoms with Gasteiger partial charge in [0.2, 0.25) is 15.8 Å². The van der Waals surface area contributed by atoms with Crippen LogP contribution in [0.25, 0.3) is 11.5 Å².